The van der Waals surface area contributed by atoms with Crippen LogP contribution in [0.1, 0.15) is 35.0 Å². The van der Waals surface area contributed by atoms with E-state index in [0.29, 0.717) is 22.4 Å². The van der Waals surface area contributed by atoms with Gasteiger partial charge in [0, 0.05) is 61.4 Å². The Bertz CT molecular complexity index is 1610. The molecule has 0 radical (unpaired) electrons. The molecule has 14 heteroatoms. The molecule has 216 valence electrons. The molecule has 6 rings (SSSR count). The summed E-state index contributed by atoms with van der Waals surface area (Å²) in [6.07, 6.45) is -1.12. The number of rotatable bonds is 7. The van der Waals surface area contributed by atoms with Crippen molar-refractivity contribution in [1.82, 2.24) is 34.4 Å². The van der Waals surface area contributed by atoms with Crippen molar-refractivity contribution in [3.05, 3.63) is 59.8 Å². The number of nitrogens with one attached hydrogen (secondary N) is 2. The van der Waals surface area contributed by atoms with Gasteiger partial charge < -0.3 is 15.5 Å². The lowest BCUT2D eigenvalue weighted by Crippen LogP contribution is -2.55. The topological polar surface area (TPSA) is 92.4 Å². The number of carbonyl (C=O) groups excluding carboxylic acids is 1. The second-order valence-electron chi connectivity index (χ2n) is 10.5. The number of nitrogens with zero attached hydrogens (tertiary/aromatic N) is 6. The predicted molar refractivity (Wildman–Crippen MR) is 140 cm³/mol. The number of hydrogen-bond acceptors (Lipinski definition) is 6. The molecule has 3 aromatic heterocycles. The predicted octanol–water partition coefficient (Wildman–Crippen LogP) is 4.62. The number of benzene rings is 1. The Morgan fingerprint density at radius 2 is 2.02 bits per heavy atom. The molecule has 1 aromatic carbocycles. The highest BCUT2D eigenvalue weighted by molar-refractivity contribution is 5.96. The van der Waals surface area contributed by atoms with Crippen LogP contribution >= 0.6 is 0 Å². The second kappa shape index (κ2) is 10.1. The van der Waals surface area contributed by atoms with Crippen molar-refractivity contribution in [1.29, 1.82) is 0 Å². The molecule has 9 nitrogen and oxygen atoms in total. The molecule has 2 N–H and O–H groups in total. The van der Waals surface area contributed by atoms with E-state index in [0.717, 1.165) is 44.4 Å². The molecule has 0 atom stereocenters. The molecule has 4 aromatic rings. The summed E-state index contributed by atoms with van der Waals surface area (Å²) in [5.74, 6) is 0.274. The number of alkyl halides is 5. The van der Waals surface area contributed by atoms with E-state index >= 15 is 0 Å². The van der Waals surface area contributed by atoms with E-state index < -0.39 is 24.8 Å². The van der Waals surface area contributed by atoms with Crippen molar-refractivity contribution >= 4 is 23.1 Å². The molecule has 2 aliphatic rings. The summed E-state index contributed by atoms with van der Waals surface area (Å²) >= 11 is 0. The molecule has 41 heavy (non-hydrogen) atoms. The van der Waals surface area contributed by atoms with Gasteiger partial charge in [-0.1, -0.05) is 6.92 Å². The van der Waals surface area contributed by atoms with E-state index in [4.69, 9.17) is 0 Å². The van der Waals surface area contributed by atoms with Gasteiger partial charge in [0.2, 0.25) is 0 Å². The van der Waals surface area contributed by atoms with Crippen LogP contribution in [-0.4, -0.2) is 67.6 Å². The van der Waals surface area contributed by atoms with Crippen LogP contribution in [0.4, 0.5) is 33.5 Å². The van der Waals surface area contributed by atoms with Crippen molar-refractivity contribution in [2.75, 3.05) is 31.5 Å². The van der Waals surface area contributed by atoms with E-state index in [1.165, 1.54) is 23.0 Å². The third-order valence-electron chi connectivity index (χ3n) is 7.76. The van der Waals surface area contributed by atoms with Gasteiger partial charge in [-0.25, -0.2) is 18.7 Å². The van der Waals surface area contributed by atoms with Gasteiger partial charge in [-0.3, -0.25) is 13.9 Å². The van der Waals surface area contributed by atoms with Crippen molar-refractivity contribution < 1.29 is 26.7 Å². The normalized spacial score (nSPS) is 16.6. The first-order valence-electron chi connectivity index (χ1n) is 13.2. The minimum Gasteiger partial charge on any atom is -0.338 e. The minimum absolute atomic E-state index is 0.00292. The number of aryl methyl sites for hydroxylation is 1. The fourth-order valence-corrected chi connectivity index (χ4v) is 5.62. The quantitative estimate of drug-likeness (QED) is 0.313. The first-order valence-corrected chi connectivity index (χ1v) is 13.2. The number of fused-ring (bicyclic) bond motifs is 1. The Morgan fingerprint density at radius 3 is 2.68 bits per heavy atom. The average molecular weight is 575 g/mol. The van der Waals surface area contributed by atoms with E-state index in [9.17, 15) is 26.7 Å². The van der Waals surface area contributed by atoms with Crippen LogP contribution in [0, 0.1) is 5.41 Å². The summed E-state index contributed by atoms with van der Waals surface area (Å²) in [4.78, 5) is 23.8. The van der Waals surface area contributed by atoms with Crippen LogP contribution in [0.25, 0.3) is 16.9 Å². The molecular formula is C27H27F5N8O. The zero-order valence-corrected chi connectivity index (χ0v) is 22.0. The average Bonchev–Trinajstić information content (AvgIpc) is 3.64. The summed E-state index contributed by atoms with van der Waals surface area (Å²) < 4.78 is 68.9. The zero-order valence-electron chi connectivity index (χ0n) is 22.0. The molecule has 1 amide bonds. The molecule has 1 spiro atoms. The van der Waals surface area contributed by atoms with Gasteiger partial charge in [-0.2, -0.15) is 18.3 Å². The van der Waals surface area contributed by atoms with E-state index in [1.54, 1.807) is 12.1 Å². The van der Waals surface area contributed by atoms with Crippen LogP contribution in [0.5, 0.6) is 0 Å². The van der Waals surface area contributed by atoms with Gasteiger partial charge in [0.15, 0.2) is 17.2 Å². The van der Waals surface area contributed by atoms with E-state index in [1.807, 2.05) is 17.9 Å². The molecule has 0 unspecified atom stereocenters. The summed E-state index contributed by atoms with van der Waals surface area (Å²) in [5, 5.41) is 9.82. The number of carbonyl (C=O) groups is 1. The molecule has 2 saturated heterocycles. The maximum atomic E-state index is 13.7. The number of aromatic nitrogens is 5. The van der Waals surface area contributed by atoms with Crippen LogP contribution in [0.3, 0.4) is 0 Å². The lowest BCUT2D eigenvalue weighted by atomic mass is 9.81. The van der Waals surface area contributed by atoms with Crippen molar-refractivity contribution in [2.24, 2.45) is 5.41 Å². The van der Waals surface area contributed by atoms with Gasteiger partial charge in [-0.15, -0.1) is 0 Å². The lowest BCUT2D eigenvalue weighted by molar-refractivity contribution is -0.141. The van der Waals surface area contributed by atoms with Crippen LogP contribution in [0.15, 0.2) is 43.0 Å². The van der Waals surface area contributed by atoms with Gasteiger partial charge in [-0.05, 0) is 36.6 Å². The number of hydrogen-bond donors (Lipinski definition) is 2. The van der Waals surface area contributed by atoms with Crippen molar-refractivity contribution in [3.8, 4) is 11.3 Å². The number of amides is 1. The van der Waals surface area contributed by atoms with Gasteiger partial charge in [0.1, 0.15) is 6.54 Å². The zero-order chi connectivity index (χ0) is 28.9. The standard InChI is InChI=1S/C27H27F5N8O/c1-2-16-9-17(3-4-18(16)25(41)38-7-5-26(15-38)13-33-14-26)36-23-24-35-10-20(40(24)8-6-34-23)19-11-39(12-21(28)29)37-22(19)27(30,31)32/h3-4,6,8-11,21,33H,2,5,7,12-15H2,1H3,(H,34,36). The second-order valence-corrected chi connectivity index (χ2v) is 10.5. The molecule has 0 aliphatic carbocycles. The summed E-state index contributed by atoms with van der Waals surface area (Å²) in [6, 6.07) is 5.39. The summed E-state index contributed by atoms with van der Waals surface area (Å²) in [5.41, 5.74) is 0.911. The Hall–Kier alpha value is -4.07. The molecule has 2 aliphatic heterocycles. The Kier molecular flexibility index (Phi) is 6.67. The van der Waals surface area contributed by atoms with Gasteiger partial charge in [0.05, 0.1) is 17.5 Å². The van der Waals surface area contributed by atoms with Crippen LogP contribution < -0.4 is 10.6 Å². The maximum absolute atomic E-state index is 13.7. The number of likely N-dealkylation sites (tertiary alicyclic amines) is 1. The SMILES string of the molecule is CCc1cc(Nc2nccn3c(-c4cn(CC(F)F)nc4C(F)(F)F)cnc23)ccc1C(=O)N1CCC2(CNC2)C1. The lowest BCUT2D eigenvalue weighted by Gasteiger charge is -2.39. The Balaban J connectivity index is 1.29. The van der Waals surface area contributed by atoms with Gasteiger partial charge in [0.25, 0.3) is 12.3 Å². The van der Waals surface area contributed by atoms with Crippen molar-refractivity contribution in [3.63, 3.8) is 0 Å². The number of anilines is 2. The monoisotopic (exact) mass is 574 g/mol. The Labute approximate surface area is 231 Å². The smallest absolute Gasteiger partial charge is 0.338 e. The summed E-state index contributed by atoms with van der Waals surface area (Å²) in [7, 11) is 0. The largest absolute Gasteiger partial charge is 0.435 e. The highest BCUT2D eigenvalue weighted by Gasteiger charge is 2.44. The van der Waals surface area contributed by atoms with E-state index in [2.05, 4.69) is 25.7 Å². The minimum atomic E-state index is -4.86. The van der Waals surface area contributed by atoms with E-state index in [-0.39, 0.29) is 34.0 Å². The summed E-state index contributed by atoms with van der Waals surface area (Å²) in [6.45, 7) is 4.33. The van der Waals surface area contributed by atoms with Crippen LogP contribution in [-0.2, 0) is 19.1 Å². The van der Waals surface area contributed by atoms with Crippen LogP contribution in [0.2, 0.25) is 0 Å². The van der Waals surface area contributed by atoms with Crippen molar-refractivity contribution in [2.45, 2.75) is 38.9 Å². The molecular weight excluding hydrogens is 547 g/mol. The molecule has 2 fully saturated rings. The first kappa shape index (κ1) is 27.1. The third-order valence-corrected chi connectivity index (χ3v) is 7.76. The highest BCUT2D eigenvalue weighted by Crippen LogP contribution is 2.38. The fourth-order valence-electron chi connectivity index (χ4n) is 5.62. The first-order chi connectivity index (χ1) is 19.6. The fraction of sp³-hybridized carbons (Fsp3) is 0.407. The van der Waals surface area contributed by atoms with Gasteiger partial charge >= 0.3 is 6.18 Å². The third kappa shape index (κ3) is 5.00. The molecule has 5 heterocycles. The Morgan fingerprint density at radius 1 is 1.22 bits per heavy atom. The molecule has 0 bridgehead atoms. The number of imidazole rings is 1. The number of halogens is 5. The highest BCUT2D eigenvalue weighted by atomic mass is 19.4. The maximum Gasteiger partial charge on any atom is 0.435 e. The molecule has 0 saturated carbocycles.